The number of aromatic carboxylic acids is 1. The fourth-order valence-electron chi connectivity index (χ4n) is 2.63. The van der Waals surface area contributed by atoms with Crippen LogP contribution in [0.25, 0.3) is 11.0 Å². The number of nitro groups is 1. The number of aromatic nitrogens is 2. The average Bonchev–Trinajstić information content (AvgIpc) is 2.83. The Hall–Kier alpha value is -3.22. The summed E-state index contributed by atoms with van der Waals surface area (Å²) in [6, 6.07) is 11.4. The van der Waals surface area contributed by atoms with Crippen LogP contribution in [0, 0.1) is 17.0 Å². The molecule has 0 saturated heterocycles. The van der Waals surface area contributed by atoms with Crippen molar-refractivity contribution in [2.24, 2.45) is 0 Å². The van der Waals surface area contributed by atoms with Crippen LogP contribution in [0.2, 0.25) is 0 Å². The van der Waals surface area contributed by atoms with E-state index in [1.165, 1.54) is 12.1 Å². The summed E-state index contributed by atoms with van der Waals surface area (Å²) in [6.07, 6.45) is 0. The van der Waals surface area contributed by atoms with Gasteiger partial charge in [0.2, 0.25) is 0 Å². The van der Waals surface area contributed by atoms with E-state index in [0.29, 0.717) is 22.4 Å². The van der Waals surface area contributed by atoms with E-state index >= 15 is 0 Å². The second kappa shape index (κ2) is 5.53. The molecule has 0 aliphatic heterocycles. The van der Waals surface area contributed by atoms with E-state index < -0.39 is 10.9 Å². The number of carboxylic acids is 1. The van der Waals surface area contributed by atoms with Crippen LogP contribution in [0.5, 0.6) is 0 Å². The number of para-hydroxylation sites is 2. The minimum absolute atomic E-state index is 0.0307. The molecule has 3 rings (SSSR count). The molecule has 23 heavy (non-hydrogen) atoms. The molecular formula is C16H13N3O4. The zero-order valence-electron chi connectivity index (χ0n) is 12.3. The van der Waals surface area contributed by atoms with Gasteiger partial charge in [0.1, 0.15) is 11.3 Å². The van der Waals surface area contributed by atoms with E-state index in [4.69, 9.17) is 0 Å². The van der Waals surface area contributed by atoms with Gasteiger partial charge in [-0.05, 0) is 19.1 Å². The van der Waals surface area contributed by atoms with Crippen LogP contribution < -0.4 is 0 Å². The molecular weight excluding hydrogens is 298 g/mol. The average molecular weight is 311 g/mol. The van der Waals surface area contributed by atoms with E-state index in [9.17, 15) is 20.0 Å². The van der Waals surface area contributed by atoms with Crippen LogP contribution in [0.15, 0.2) is 42.5 Å². The van der Waals surface area contributed by atoms with E-state index in [0.717, 1.165) is 0 Å². The first-order valence-electron chi connectivity index (χ1n) is 6.90. The smallest absolute Gasteiger partial charge is 0.337 e. The Morgan fingerprint density at radius 1 is 1.26 bits per heavy atom. The van der Waals surface area contributed by atoms with Crippen LogP contribution in [-0.2, 0) is 6.54 Å². The summed E-state index contributed by atoms with van der Waals surface area (Å²) in [6.45, 7) is 2.00. The van der Waals surface area contributed by atoms with Crippen molar-refractivity contribution in [3.8, 4) is 0 Å². The highest BCUT2D eigenvalue weighted by Crippen LogP contribution is 2.24. The quantitative estimate of drug-likeness (QED) is 0.590. The van der Waals surface area contributed by atoms with Gasteiger partial charge in [-0.1, -0.05) is 24.3 Å². The zero-order valence-corrected chi connectivity index (χ0v) is 12.3. The first-order chi connectivity index (χ1) is 11.0. The van der Waals surface area contributed by atoms with Crippen molar-refractivity contribution in [3.63, 3.8) is 0 Å². The summed E-state index contributed by atoms with van der Waals surface area (Å²) in [5.74, 6) is -0.446. The minimum atomic E-state index is -1.05. The summed E-state index contributed by atoms with van der Waals surface area (Å²) < 4.78 is 1.78. The number of benzene rings is 2. The van der Waals surface area contributed by atoms with Crippen LogP contribution in [0.1, 0.15) is 21.7 Å². The highest BCUT2D eigenvalue weighted by atomic mass is 16.6. The van der Waals surface area contributed by atoms with Crippen molar-refractivity contribution in [1.29, 1.82) is 0 Å². The standard InChI is InChI=1S/C16H13N3O4/c1-10-17-15-12(16(20)21)6-4-8-14(15)18(10)9-11-5-2-3-7-13(11)19(22)23/h2-8H,9H2,1H3,(H,20,21). The van der Waals surface area contributed by atoms with Gasteiger partial charge in [-0.3, -0.25) is 10.1 Å². The van der Waals surface area contributed by atoms with Crippen molar-refractivity contribution >= 4 is 22.7 Å². The Kier molecular flexibility index (Phi) is 3.53. The van der Waals surface area contributed by atoms with Gasteiger partial charge in [-0.15, -0.1) is 0 Å². The maximum absolute atomic E-state index is 11.3. The molecule has 3 aromatic rings. The van der Waals surface area contributed by atoms with Gasteiger partial charge in [0.25, 0.3) is 5.69 Å². The lowest BCUT2D eigenvalue weighted by molar-refractivity contribution is -0.385. The van der Waals surface area contributed by atoms with Crippen molar-refractivity contribution in [1.82, 2.24) is 9.55 Å². The molecule has 0 spiro atoms. The maximum atomic E-state index is 11.3. The normalized spacial score (nSPS) is 10.8. The third kappa shape index (κ3) is 2.52. The van der Waals surface area contributed by atoms with Crippen LogP contribution >= 0.6 is 0 Å². The molecule has 7 heteroatoms. The number of nitro benzene ring substituents is 1. The van der Waals surface area contributed by atoms with Crippen molar-refractivity contribution in [3.05, 3.63) is 69.5 Å². The molecule has 0 fully saturated rings. The number of aryl methyl sites for hydroxylation is 1. The maximum Gasteiger partial charge on any atom is 0.337 e. The molecule has 1 N–H and O–H groups in total. The first-order valence-corrected chi connectivity index (χ1v) is 6.90. The summed E-state index contributed by atoms with van der Waals surface area (Å²) in [4.78, 5) is 26.3. The number of nitrogens with zero attached hydrogens (tertiary/aromatic N) is 3. The second-order valence-corrected chi connectivity index (χ2v) is 5.11. The summed E-state index contributed by atoms with van der Waals surface area (Å²) in [5, 5.41) is 20.4. The van der Waals surface area contributed by atoms with Crippen LogP contribution in [0.3, 0.4) is 0 Å². The lowest BCUT2D eigenvalue weighted by atomic mass is 10.1. The lowest BCUT2D eigenvalue weighted by Crippen LogP contribution is -2.05. The molecule has 2 aromatic carbocycles. The Balaban J connectivity index is 2.15. The molecule has 0 radical (unpaired) electrons. The Labute approximate surface area is 131 Å². The van der Waals surface area contributed by atoms with Crippen molar-refractivity contribution in [2.75, 3.05) is 0 Å². The zero-order chi connectivity index (χ0) is 16.6. The largest absolute Gasteiger partial charge is 0.478 e. The van der Waals surface area contributed by atoms with Crippen LogP contribution in [-0.4, -0.2) is 25.6 Å². The van der Waals surface area contributed by atoms with Gasteiger partial charge >= 0.3 is 5.97 Å². The monoisotopic (exact) mass is 311 g/mol. The second-order valence-electron chi connectivity index (χ2n) is 5.11. The number of carboxylic acid groups (broad SMARTS) is 1. The molecule has 7 nitrogen and oxygen atoms in total. The molecule has 0 unspecified atom stereocenters. The molecule has 0 atom stereocenters. The van der Waals surface area contributed by atoms with Gasteiger partial charge in [0.05, 0.1) is 22.5 Å². The molecule has 0 amide bonds. The molecule has 1 heterocycles. The molecule has 0 bridgehead atoms. The summed E-state index contributed by atoms with van der Waals surface area (Å²) in [7, 11) is 0. The van der Waals surface area contributed by atoms with E-state index in [1.54, 1.807) is 41.8 Å². The van der Waals surface area contributed by atoms with Crippen molar-refractivity contribution in [2.45, 2.75) is 13.5 Å². The fourth-order valence-corrected chi connectivity index (χ4v) is 2.63. The highest BCUT2D eigenvalue weighted by Gasteiger charge is 2.18. The Morgan fingerprint density at radius 2 is 2.00 bits per heavy atom. The molecule has 0 aliphatic carbocycles. The van der Waals surface area contributed by atoms with E-state index in [-0.39, 0.29) is 17.8 Å². The number of fused-ring (bicyclic) bond motifs is 1. The molecule has 1 aromatic heterocycles. The first kappa shape index (κ1) is 14.7. The number of hydrogen-bond donors (Lipinski definition) is 1. The van der Waals surface area contributed by atoms with E-state index in [2.05, 4.69) is 4.98 Å². The van der Waals surface area contributed by atoms with Gasteiger partial charge in [-0.25, -0.2) is 9.78 Å². The topological polar surface area (TPSA) is 98.3 Å². The van der Waals surface area contributed by atoms with Crippen molar-refractivity contribution < 1.29 is 14.8 Å². The number of carbonyl (C=O) groups is 1. The molecule has 0 saturated carbocycles. The Bertz CT molecular complexity index is 930. The minimum Gasteiger partial charge on any atom is -0.478 e. The van der Waals surface area contributed by atoms with Gasteiger partial charge < -0.3 is 9.67 Å². The fraction of sp³-hybridized carbons (Fsp3) is 0.125. The third-order valence-corrected chi connectivity index (χ3v) is 3.72. The number of hydrogen-bond acceptors (Lipinski definition) is 4. The number of rotatable bonds is 4. The number of imidazole rings is 1. The SMILES string of the molecule is Cc1nc2c(C(=O)O)cccc2n1Cc1ccccc1[N+](=O)[O-]. The lowest BCUT2D eigenvalue weighted by Gasteiger charge is -2.08. The Morgan fingerprint density at radius 3 is 2.70 bits per heavy atom. The molecule has 116 valence electrons. The van der Waals surface area contributed by atoms with Gasteiger partial charge in [0, 0.05) is 11.6 Å². The predicted octanol–water partition coefficient (Wildman–Crippen LogP) is 3.00. The summed E-state index contributed by atoms with van der Waals surface area (Å²) in [5.41, 5.74) is 1.72. The highest BCUT2D eigenvalue weighted by molar-refractivity contribution is 6.01. The van der Waals surface area contributed by atoms with Crippen LogP contribution in [0.4, 0.5) is 5.69 Å². The molecule has 0 aliphatic rings. The van der Waals surface area contributed by atoms with Gasteiger partial charge in [-0.2, -0.15) is 0 Å². The predicted molar refractivity (Wildman–Crippen MR) is 83.6 cm³/mol. The summed E-state index contributed by atoms with van der Waals surface area (Å²) >= 11 is 0. The van der Waals surface area contributed by atoms with E-state index in [1.807, 2.05) is 0 Å². The van der Waals surface area contributed by atoms with Gasteiger partial charge in [0.15, 0.2) is 0 Å². The third-order valence-electron chi connectivity index (χ3n) is 3.72.